The maximum absolute atomic E-state index is 11.6. The van der Waals surface area contributed by atoms with Crippen LogP contribution in [0.3, 0.4) is 0 Å². The van der Waals surface area contributed by atoms with E-state index in [1.807, 2.05) is 0 Å². The zero-order chi connectivity index (χ0) is 12.8. The van der Waals surface area contributed by atoms with Crippen LogP contribution in [0.15, 0.2) is 0 Å². The van der Waals surface area contributed by atoms with Crippen molar-refractivity contribution < 1.29 is 24.2 Å². The standard InChI is InChI=1S/C9H18N2O5/c1-9(2,11-8(13)14)7(12)10-5-6(15-3)16-4/h6,11H,5H2,1-4H3,(H,10,12)(H,13,14). The van der Waals surface area contributed by atoms with Crippen molar-refractivity contribution in [3.8, 4) is 0 Å². The molecule has 94 valence electrons. The maximum atomic E-state index is 11.6. The van der Waals surface area contributed by atoms with Gasteiger partial charge in [0.05, 0.1) is 6.54 Å². The molecular weight excluding hydrogens is 216 g/mol. The minimum absolute atomic E-state index is 0.149. The SMILES string of the molecule is COC(CNC(=O)C(C)(C)NC(=O)O)OC. The van der Waals surface area contributed by atoms with Crippen LogP contribution in [-0.4, -0.2) is 49.7 Å². The van der Waals surface area contributed by atoms with E-state index in [1.165, 1.54) is 28.1 Å². The van der Waals surface area contributed by atoms with E-state index in [9.17, 15) is 9.59 Å². The minimum Gasteiger partial charge on any atom is -0.465 e. The Bertz CT molecular complexity index is 250. The van der Waals surface area contributed by atoms with Gasteiger partial charge in [0, 0.05) is 14.2 Å². The third-order valence-corrected chi connectivity index (χ3v) is 1.94. The van der Waals surface area contributed by atoms with E-state index in [2.05, 4.69) is 10.6 Å². The molecule has 0 unspecified atom stereocenters. The average molecular weight is 234 g/mol. The van der Waals surface area contributed by atoms with Gasteiger partial charge in [0.1, 0.15) is 5.54 Å². The quantitative estimate of drug-likeness (QED) is 0.551. The molecule has 2 amide bonds. The summed E-state index contributed by atoms with van der Waals surface area (Å²) in [5.74, 6) is -0.450. The van der Waals surface area contributed by atoms with Crippen LogP contribution in [0.25, 0.3) is 0 Å². The summed E-state index contributed by atoms with van der Waals surface area (Å²) in [5, 5.41) is 13.1. The van der Waals surface area contributed by atoms with Crippen LogP contribution in [0.2, 0.25) is 0 Å². The second-order valence-corrected chi connectivity index (χ2v) is 3.67. The number of carboxylic acid groups (broad SMARTS) is 1. The molecule has 0 bridgehead atoms. The van der Waals surface area contributed by atoms with Gasteiger partial charge in [-0.15, -0.1) is 0 Å². The monoisotopic (exact) mass is 234 g/mol. The summed E-state index contributed by atoms with van der Waals surface area (Å²) in [7, 11) is 2.89. The van der Waals surface area contributed by atoms with Crippen molar-refractivity contribution in [2.45, 2.75) is 25.7 Å². The van der Waals surface area contributed by atoms with Gasteiger partial charge in [0.25, 0.3) is 0 Å². The number of rotatable bonds is 6. The highest BCUT2D eigenvalue weighted by molar-refractivity contribution is 5.88. The molecule has 0 aromatic rings. The lowest BCUT2D eigenvalue weighted by Gasteiger charge is -2.24. The van der Waals surface area contributed by atoms with E-state index in [-0.39, 0.29) is 6.54 Å². The number of hydrogen-bond donors (Lipinski definition) is 3. The van der Waals surface area contributed by atoms with E-state index in [0.717, 1.165) is 0 Å². The van der Waals surface area contributed by atoms with Gasteiger partial charge in [-0.25, -0.2) is 4.79 Å². The second-order valence-electron chi connectivity index (χ2n) is 3.67. The Kier molecular flexibility index (Phi) is 5.76. The number of nitrogens with one attached hydrogen (secondary N) is 2. The molecular formula is C9H18N2O5. The molecule has 0 fully saturated rings. The van der Waals surface area contributed by atoms with Crippen LogP contribution in [-0.2, 0) is 14.3 Å². The second kappa shape index (κ2) is 6.29. The van der Waals surface area contributed by atoms with Gasteiger partial charge in [0.15, 0.2) is 6.29 Å². The highest BCUT2D eigenvalue weighted by Gasteiger charge is 2.29. The predicted molar refractivity (Wildman–Crippen MR) is 56.1 cm³/mol. The Morgan fingerprint density at radius 1 is 1.31 bits per heavy atom. The van der Waals surface area contributed by atoms with Gasteiger partial charge in [-0.2, -0.15) is 0 Å². The highest BCUT2D eigenvalue weighted by atomic mass is 16.7. The number of carbonyl (C=O) groups excluding carboxylic acids is 1. The Balaban J connectivity index is 4.18. The fourth-order valence-electron chi connectivity index (χ4n) is 0.984. The van der Waals surface area contributed by atoms with E-state index in [1.54, 1.807) is 0 Å². The number of amides is 2. The fraction of sp³-hybridized carbons (Fsp3) is 0.778. The summed E-state index contributed by atoms with van der Waals surface area (Å²) < 4.78 is 9.74. The van der Waals surface area contributed by atoms with Crippen LogP contribution in [0, 0.1) is 0 Å². The summed E-state index contributed by atoms with van der Waals surface area (Å²) in [6.07, 6.45) is -1.81. The van der Waals surface area contributed by atoms with Gasteiger partial charge in [-0.05, 0) is 13.8 Å². The molecule has 0 spiro atoms. The Morgan fingerprint density at radius 2 is 1.81 bits per heavy atom. The molecule has 0 radical (unpaired) electrons. The first-order chi connectivity index (χ1) is 7.33. The topological polar surface area (TPSA) is 96.9 Å². The number of hydrogen-bond acceptors (Lipinski definition) is 4. The molecule has 0 aliphatic rings. The van der Waals surface area contributed by atoms with Crippen LogP contribution in [0.4, 0.5) is 4.79 Å². The molecule has 16 heavy (non-hydrogen) atoms. The lowest BCUT2D eigenvalue weighted by molar-refractivity contribution is -0.132. The molecule has 0 heterocycles. The summed E-state index contributed by atoms with van der Waals surface area (Å²) in [6.45, 7) is 3.08. The largest absolute Gasteiger partial charge is 0.465 e. The molecule has 0 saturated carbocycles. The lowest BCUT2D eigenvalue weighted by atomic mass is 10.1. The van der Waals surface area contributed by atoms with Crippen LogP contribution in [0.5, 0.6) is 0 Å². The van der Waals surface area contributed by atoms with Gasteiger partial charge >= 0.3 is 6.09 Å². The first kappa shape index (κ1) is 14.7. The molecule has 7 heteroatoms. The normalized spacial score (nSPS) is 11.3. The van der Waals surface area contributed by atoms with Crippen molar-refractivity contribution in [3.63, 3.8) is 0 Å². The molecule has 0 rings (SSSR count). The molecule has 0 saturated heterocycles. The van der Waals surface area contributed by atoms with Crippen molar-refractivity contribution >= 4 is 12.0 Å². The minimum atomic E-state index is -1.25. The summed E-state index contributed by atoms with van der Waals surface area (Å²) in [6, 6.07) is 0. The van der Waals surface area contributed by atoms with Gasteiger partial charge < -0.3 is 25.2 Å². The first-order valence-corrected chi connectivity index (χ1v) is 4.68. The lowest BCUT2D eigenvalue weighted by Crippen LogP contribution is -2.55. The summed E-state index contributed by atoms with van der Waals surface area (Å²) in [5.41, 5.74) is -1.20. The third kappa shape index (κ3) is 4.94. The summed E-state index contributed by atoms with van der Waals surface area (Å²) in [4.78, 5) is 22.0. The molecule has 0 atom stereocenters. The molecule has 0 aromatic carbocycles. The van der Waals surface area contributed by atoms with Crippen molar-refractivity contribution in [3.05, 3.63) is 0 Å². The van der Waals surface area contributed by atoms with Crippen LogP contribution >= 0.6 is 0 Å². The van der Waals surface area contributed by atoms with E-state index in [0.29, 0.717) is 0 Å². The van der Waals surface area contributed by atoms with Crippen LogP contribution < -0.4 is 10.6 Å². The van der Waals surface area contributed by atoms with E-state index < -0.39 is 23.8 Å². The number of carbonyl (C=O) groups is 2. The molecule has 0 aliphatic heterocycles. The zero-order valence-electron chi connectivity index (χ0n) is 9.86. The summed E-state index contributed by atoms with van der Waals surface area (Å²) >= 11 is 0. The van der Waals surface area contributed by atoms with Crippen molar-refractivity contribution in [2.24, 2.45) is 0 Å². The Labute approximate surface area is 94.1 Å². The van der Waals surface area contributed by atoms with Crippen molar-refractivity contribution in [2.75, 3.05) is 20.8 Å². The Hall–Kier alpha value is -1.34. The van der Waals surface area contributed by atoms with E-state index >= 15 is 0 Å². The average Bonchev–Trinajstić information content (AvgIpc) is 2.17. The number of methoxy groups -OCH3 is 2. The smallest absolute Gasteiger partial charge is 0.405 e. The fourth-order valence-corrected chi connectivity index (χ4v) is 0.984. The van der Waals surface area contributed by atoms with Crippen LogP contribution in [0.1, 0.15) is 13.8 Å². The van der Waals surface area contributed by atoms with Gasteiger partial charge in [0.2, 0.25) is 5.91 Å². The molecule has 0 aromatic heterocycles. The highest BCUT2D eigenvalue weighted by Crippen LogP contribution is 2.02. The molecule has 3 N–H and O–H groups in total. The van der Waals surface area contributed by atoms with E-state index in [4.69, 9.17) is 14.6 Å². The zero-order valence-corrected chi connectivity index (χ0v) is 9.86. The first-order valence-electron chi connectivity index (χ1n) is 4.68. The third-order valence-electron chi connectivity index (χ3n) is 1.94. The predicted octanol–water partition coefficient (Wildman–Crippen LogP) is -0.232. The molecule has 7 nitrogen and oxygen atoms in total. The number of ether oxygens (including phenoxy) is 2. The van der Waals surface area contributed by atoms with Crippen molar-refractivity contribution in [1.82, 2.24) is 10.6 Å². The maximum Gasteiger partial charge on any atom is 0.405 e. The van der Waals surface area contributed by atoms with Gasteiger partial charge in [-0.1, -0.05) is 0 Å². The Morgan fingerprint density at radius 3 is 2.19 bits per heavy atom. The van der Waals surface area contributed by atoms with Gasteiger partial charge in [-0.3, -0.25) is 4.79 Å². The van der Waals surface area contributed by atoms with Crippen molar-refractivity contribution in [1.29, 1.82) is 0 Å². The molecule has 0 aliphatic carbocycles.